The van der Waals surface area contributed by atoms with E-state index >= 15 is 0 Å². The summed E-state index contributed by atoms with van der Waals surface area (Å²) in [7, 11) is 1.51. The molecular weight excluding hydrogens is 476 g/mol. The molecule has 2 aromatic rings. The van der Waals surface area contributed by atoms with Crippen molar-refractivity contribution in [3.63, 3.8) is 0 Å². The molecule has 2 aliphatic rings. The van der Waals surface area contributed by atoms with E-state index in [1.807, 2.05) is 31.2 Å². The van der Waals surface area contributed by atoms with Crippen LogP contribution in [0.2, 0.25) is 5.02 Å². The number of carbonyl (C=O) groups excluding carboxylic acids is 3. The Labute approximate surface area is 207 Å². The van der Waals surface area contributed by atoms with Gasteiger partial charge in [0.15, 0.2) is 11.5 Å². The Balaban J connectivity index is 1.49. The summed E-state index contributed by atoms with van der Waals surface area (Å²) in [6.45, 7) is 3.43. The molecule has 2 aliphatic heterocycles. The van der Waals surface area contributed by atoms with E-state index in [0.29, 0.717) is 41.8 Å². The van der Waals surface area contributed by atoms with Crippen LogP contribution in [0.5, 0.6) is 11.5 Å². The number of amides is 3. The molecule has 4 rings (SSSR count). The zero-order chi connectivity index (χ0) is 24.2. The van der Waals surface area contributed by atoms with Gasteiger partial charge in [0.25, 0.3) is 11.1 Å². The fraction of sp³-hybridized carbons (Fsp3) is 0.320. The van der Waals surface area contributed by atoms with Crippen molar-refractivity contribution in [2.75, 3.05) is 26.7 Å². The predicted octanol–water partition coefficient (Wildman–Crippen LogP) is 4.89. The van der Waals surface area contributed by atoms with Crippen LogP contribution >= 0.6 is 23.4 Å². The van der Waals surface area contributed by atoms with Crippen LogP contribution in [0.3, 0.4) is 0 Å². The van der Waals surface area contributed by atoms with Gasteiger partial charge in [0.05, 0.1) is 17.0 Å². The number of nitrogens with zero attached hydrogens (tertiary/aromatic N) is 2. The number of imide groups is 1. The van der Waals surface area contributed by atoms with Gasteiger partial charge in [-0.2, -0.15) is 0 Å². The maximum atomic E-state index is 12.8. The van der Waals surface area contributed by atoms with Gasteiger partial charge in [-0.3, -0.25) is 19.3 Å². The number of halogens is 1. The zero-order valence-corrected chi connectivity index (χ0v) is 20.6. The first kappa shape index (κ1) is 24.2. The Morgan fingerprint density at radius 2 is 1.85 bits per heavy atom. The number of carbonyl (C=O) groups is 3. The van der Waals surface area contributed by atoms with Crippen LogP contribution in [0.1, 0.15) is 29.5 Å². The van der Waals surface area contributed by atoms with Crippen molar-refractivity contribution in [3.05, 3.63) is 63.0 Å². The van der Waals surface area contributed by atoms with E-state index in [4.69, 9.17) is 21.1 Å². The molecule has 0 aliphatic carbocycles. The number of ether oxygens (including phenoxy) is 2. The van der Waals surface area contributed by atoms with Crippen LogP contribution in [0, 0.1) is 6.92 Å². The Morgan fingerprint density at radius 1 is 1.15 bits per heavy atom. The van der Waals surface area contributed by atoms with Gasteiger partial charge in [0.1, 0.15) is 13.2 Å². The Kier molecular flexibility index (Phi) is 7.48. The predicted molar refractivity (Wildman–Crippen MR) is 132 cm³/mol. The molecule has 0 aromatic heterocycles. The quantitative estimate of drug-likeness (QED) is 0.503. The van der Waals surface area contributed by atoms with E-state index < -0.39 is 11.1 Å². The summed E-state index contributed by atoms with van der Waals surface area (Å²) in [6, 6.07) is 11.3. The fourth-order valence-corrected chi connectivity index (χ4v) is 4.90. The third-order valence-corrected chi connectivity index (χ3v) is 6.87. The van der Waals surface area contributed by atoms with Crippen LogP contribution in [0.4, 0.5) is 4.79 Å². The topological polar surface area (TPSA) is 76.2 Å². The molecule has 0 N–H and O–H groups in total. The first-order valence-corrected chi connectivity index (χ1v) is 12.1. The second-order valence-electron chi connectivity index (χ2n) is 8.16. The third kappa shape index (κ3) is 5.39. The van der Waals surface area contributed by atoms with Crippen LogP contribution in [-0.4, -0.2) is 53.6 Å². The van der Waals surface area contributed by atoms with Crippen molar-refractivity contribution < 1.29 is 23.9 Å². The molecule has 0 spiro atoms. The zero-order valence-electron chi connectivity index (χ0n) is 19.0. The molecule has 2 aromatic carbocycles. The molecule has 2 fully saturated rings. The fourth-order valence-electron chi connectivity index (χ4n) is 3.79. The van der Waals surface area contributed by atoms with Crippen molar-refractivity contribution in [2.24, 2.45) is 0 Å². The second kappa shape index (κ2) is 10.5. The summed E-state index contributed by atoms with van der Waals surface area (Å²) in [4.78, 5) is 40.5. The van der Waals surface area contributed by atoms with E-state index in [9.17, 15) is 14.4 Å². The minimum atomic E-state index is -0.489. The third-order valence-electron chi connectivity index (χ3n) is 5.68. The Hall–Kier alpha value is -2.97. The summed E-state index contributed by atoms with van der Waals surface area (Å²) >= 11 is 7.28. The SMILES string of the molecule is COc1cc(/C=C2\SC(=O)N(CC(=O)N3CCCC3)C2=O)cc(Cl)c1OCc1ccc(C)cc1. The highest BCUT2D eigenvalue weighted by Crippen LogP contribution is 2.39. The lowest BCUT2D eigenvalue weighted by molar-refractivity contribution is -0.135. The maximum Gasteiger partial charge on any atom is 0.294 e. The molecule has 7 nitrogen and oxygen atoms in total. The first-order valence-electron chi connectivity index (χ1n) is 10.9. The first-order chi connectivity index (χ1) is 16.4. The summed E-state index contributed by atoms with van der Waals surface area (Å²) in [6.07, 6.45) is 3.46. The van der Waals surface area contributed by atoms with Crippen LogP contribution in [-0.2, 0) is 16.2 Å². The lowest BCUT2D eigenvalue weighted by Crippen LogP contribution is -2.40. The number of hydrogen-bond acceptors (Lipinski definition) is 6. The van der Waals surface area contributed by atoms with Crippen LogP contribution in [0.15, 0.2) is 41.3 Å². The van der Waals surface area contributed by atoms with Gasteiger partial charge >= 0.3 is 0 Å². The molecule has 2 saturated heterocycles. The van der Waals surface area contributed by atoms with Crippen molar-refractivity contribution in [1.29, 1.82) is 0 Å². The van der Waals surface area contributed by atoms with Crippen LogP contribution < -0.4 is 9.47 Å². The lowest BCUT2D eigenvalue weighted by Gasteiger charge is -2.18. The molecular formula is C25H25ClN2O5S. The van der Waals surface area contributed by atoms with Gasteiger partial charge in [-0.25, -0.2) is 0 Å². The summed E-state index contributed by atoms with van der Waals surface area (Å²) in [5, 5.41) is -0.138. The molecule has 0 bridgehead atoms. The Bertz CT molecular complexity index is 1140. The minimum Gasteiger partial charge on any atom is -0.493 e. The van der Waals surface area contributed by atoms with Gasteiger partial charge in [0, 0.05) is 13.1 Å². The average Bonchev–Trinajstić information content (AvgIpc) is 3.44. The average molecular weight is 501 g/mol. The van der Waals surface area contributed by atoms with Gasteiger partial charge < -0.3 is 14.4 Å². The number of rotatable bonds is 7. The number of methoxy groups -OCH3 is 1. The molecule has 2 heterocycles. The lowest BCUT2D eigenvalue weighted by atomic mass is 10.1. The molecule has 0 atom stereocenters. The number of thioether (sulfide) groups is 1. The molecule has 0 radical (unpaired) electrons. The molecule has 9 heteroatoms. The highest BCUT2D eigenvalue weighted by atomic mass is 35.5. The van der Waals surface area contributed by atoms with Gasteiger partial charge in [-0.1, -0.05) is 41.4 Å². The van der Waals surface area contributed by atoms with Crippen molar-refractivity contribution >= 4 is 46.5 Å². The molecule has 178 valence electrons. The molecule has 3 amide bonds. The maximum absolute atomic E-state index is 12.8. The van der Waals surface area contributed by atoms with Gasteiger partial charge in [0.2, 0.25) is 5.91 Å². The number of benzene rings is 2. The minimum absolute atomic E-state index is 0.208. The summed E-state index contributed by atoms with van der Waals surface area (Å²) in [5.74, 6) is 0.110. The largest absolute Gasteiger partial charge is 0.493 e. The van der Waals surface area contributed by atoms with Gasteiger partial charge in [-0.05, 0) is 60.9 Å². The highest BCUT2D eigenvalue weighted by Gasteiger charge is 2.37. The van der Waals surface area contributed by atoms with E-state index in [1.165, 1.54) is 7.11 Å². The van der Waals surface area contributed by atoms with Crippen molar-refractivity contribution in [2.45, 2.75) is 26.4 Å². The molecule has 0 unspecified atom stereocenters. The summed E-state index contributed by atoms with van der Waals surface area (Å²) < 4.78 is 11.4. The van der Waals surface area contributed by atoms with Crippen molar-refractivity contribution in [1.82, 2.24) is 9.80 Å². The Morgan fingerprint density at radius 3 is 2.53 bits per heavy atom. The van der Waals surface area contributed by atoms with Crippen LogP contribution in [0.25, 0.3) is 6.08 Å². The normalized spacial score (nSPS) is 17.1. The number of aryl methyl sites for hydroxylation is 1. The van der Waals surface area contributed by atoms with E-state index in [-0.39, 0.29) is 17.4 Å². The second-order valence-corrected chi connectivity index (χ2v) is 9.56. The standard InChI is InChI=1S/C25H25ClN2O5S/c1-16-5-7-17(8-6-16)15-33-23-19(26)11-18(12-20(23)32-2)13-21-24(30)28(25(31)34-21)14-22(29)27-9-3-4-10-27/h5-8,11-13H,3-4,9-10,14-15H2,1-2H3/b21-13-. The smallest absolute Gasteiger partial charge is 0.294 e. The number of hydrogen-bond donors (Lipinski definition) is 0. The summed E-state index contributed by atoms with van der Waals surface area (Å²) in [5.41, 5.74) is 2.74. The van der Waals surface area contributed by atoms with E-state index in [2.05, 4.69) is 0 Å². The van der Waals surface area contributed by atoms with E-state index in [0.717, 1.165) is 40.6 Å². The van der Waals surface area contributed by atoms with Crippen molar-refractivity contribution in [3.8, 4) is 11.5 Å². The van der Waals surface area contributed by atoms with E-state index in [1.54, 1.807) is 23.1 Å². The molecule has 34 heavy (non-hydrogen) atoms. The number of likely N-dealkylation sites (tertiary alicyclic amines) is 1. The highest BCUT2D eigenvalue weighted by molar-refractivity contribution is 8.18. The monoisotopic (exact) mass is 500 g/mol. The molecule has 0 saturated carbocycles. The van der Waals surface area contributed by atoms with Gasteiger partial charge in [-0.15, -0.1) is 0 Å².